The number of hydrogen-bond acceptors (Lipinski definition) is 3. The Bertz CT molecular complexity index is 1000. The van der Waals surface area contributed by atoms with Crippen LogP contribution in [0.15, 0.2) is 60.1 Å². The predicted octanol–water partition coefficient (Wildman–Crippen LogP) is 2.68. The molecule has 8 heteroatoms. The first-order valence-corrected chi connectivity index (χ1v) is 8.82. The summed E-state index contributed by atoms with van der Waals surface area (Å²) in [5.41, 5.74) is 4.39. The summed E-state index contributed by atoms with van der Waals surface area (Å²) in [7, 11) is 7.16. The van der Waals surface area contributed by atoms with E-state index in [0.717, 1.165) is 11.8 Å². The van der Waals surface area contributed by atoms with Gasteiger partial charge in [0, 0.05) is 25.1 Å². The van der Waals surface area contributed by atoms with Gasteiger partial charge in [-0.3, -0.25) is 9.69 Å². The predicted molar refractivity (Wildman–Crippen MR) is 107 cm³/mol. The van der Waals surface area contributed by atoms with Crippen molar-refractivity contribution in [2.24, 2.45) is 10.7 Å². The normalized spacial score (nSPS) is 22.4. The quantitative estimate of drug-likeness (QED) is 0.637. The van der Waals surface area contributed by atoms with Crippen molar-refractivity contribution in [3.05, 3.63) is 77.6 Å². The van der Waals surface area contributed by atoms with E-state index in [1.807, 2.05) is 0 Å². The van der Waals surface area contributed by atoms with Crippen LogP contribution >= 0.6 is 0 Å². The van der Waals surface area contributed by atoms with Gasteiger partial charge in [-0.15, -0.1) is 6.58 Å². The molecule has 2 aromatic rings. The lowest BCUT2D eigenvalue weighted by atomic mass is 9.71. The van der Waals surface area contributed by atoms with E-state index in [-0.39, 0.29) is 22.5 Å². The van der Waals surface area contributed by atoms with Crippen LogP contribution in [0.4, 0.5) is 13.2 Å². The van der Waals surface area contributed by atoms with E-state index in [2.05, 4.69) is 11.6 Å². The minimum Gasteiger partial charge on any atom is -0.369 e. The standard InChI is InChI=1S/C21H19BF3N3O/c1-4-21(14-6-5-7-15(22)17(14)23)16(18(29)28(3)19(26)27-21)12-8-10-13(11-9-12)20(2,24)25/h4-11,16H,1H2,2-3H3,(H2,26,27)/t16-,21+/m0/s1. The first kappa shape index (κ1) is 20.7. The highest BCUT2D eigenvalue weighted by molar-refractivity contribution is 6.32. The number of aliphatic imine (C=N–C) groups is 1. The summed E-state index contributed by atoms with van der Waals surface area (Å²) in [4.78, 5) is 18.7. The molecule has 0 aliphatic carbocycles. The second-order valence-electron chi connectivity index (χ2n) is 7.05. The van der Waals surface area contributed by atoms with E-state index < -0.39 is 29.1 Å². The minimum absolute atomic E-state index is 0.0202. The Labute approximate surface area is 168 Å². The molecule has 0 saturated heterocycles. The zero-order chi connectivity index (χ0) is 21.6. The van der Waals surface area contributed by atoms with Crippen LogP contribution in [0.3, 0.4) is 0 Å². The molecule has 2 aromatic carbocycles. The number of halogens is 3. The molecule has 0 aromatic heterocycles. The molecule has 2 atom stereocenters. The van der Waals surface area contributed by atoms with Crippen molar-refractivity contribution >= 4 is 25.2 Å². The smallest absolute Gasteiger partial charge is 0.270 e. The molecule has 0 saturated carbocycles. The lowest BCUT2D eigenvalue weighted by Gasteiger charge is -2.41. The number of hydrogen-bond donors (Lipinski definition) is 1. The summed E-state index contributed by atoms with van der Waals surface area (Å²) in [6.07, 6.45) is 1.33. The Balaban J connectivity index is 2.27. The van der Waals surface area contributed by atoms with Crippen molar-refractivity contribution in [2.75, 3.05) is 7.05 Å². The molecule has 2 radical (unpaired) electrons. The first-order valence-electron chi connectivity index (χ1n) is 8.82. The largest absolute Gasteiger partial charge is 0.369 e. The van der Waals surface area contributed by atoms with Crippen LogP contribution in [-0.2, 0) is 16.3 Å². The zero-order valence-electron chi connectivity index (χ0n) is 16.0. The van der Waals surface area contributed by atoms with Crippen LogP contribution in [0, 0.1) is 5.82 Å². The van der Waals surface area contributed by atoms with Gasteiger partial charge >= 0.3 is 0 Å². The van der Waals surface area contributed by atoms with E-state index in [1.54, 1.807) is 0 Å². The number of guanidine groups is 1. The van der Waals surface area contributed by atoms with E-state index >= 15 is 0 Å². The highest BCUT2D eigenvalue weighted by Gasteiger charge is 2.50. The fourth-order valence-corrected chi connectivity index (χ4v) is 3.54. The summed E-state index contributed by atoms with van der Waals surface area (Å²) >= 11 is 0. The van der Waals surface area contributed by atoms with Gasteiger partial charge in [0.15, 0.2) is 5.96 Å². The Hall–Kier alpha value is -3.03. The number of benzene rings is 2. The van der Waals surface area contributed by atoms with Crippen LogP contribution < -0.4 is 11.2 Å². The first-order chi connectivity index (χ1) is 13.5. The van der Waals surface area contributed by atoms with E-state index in [9.17, 15) is 18.0 Å². The molecule has 3 rings (SSSR count). The molecule has 148 valence electrons. The van der Waals surface area contributed by atoms with Crippen LogP contribution in [-0.4, -0.2) is 31.7 Å². The van der Waals surface area contributed by atoms with Crippen LogP contribution in [0.1, 0.15) is 29.5 Å². The van der Waals surface area contributed by atoms with Gasteiger partial charge < -0.3 is 5.73 Å². The molecule has 0 unspecified atom stereocenters. The van der Waals surface area contributed by atoms with Gasteiger partial charge in [-0.2, -0.15) is 0 Å². The summed E-state index contributed by atoms with van der Waals surface area (Å²) in [5, 5.41) is 0. The fourth-order valence-electron chi connectivity index (χ4n) is 3.54. The maximum absolute atomic E-state index is 15.0. The lowest BCUT2D eigenvalue weighted by molar-refractivity contribution is -0.130. The van der Waals surface area contributed by atoms with Crippen LogP contribution in [0.5, 0.6) is 0 Å². The van der Waals surface area contributed by atoms with Crippen molar-refractivity contribution in [3.63, 3.8) is 0 Å². The van der Waals surface area contributed by atoms with Crippen LogP contribution in [0.25, 0.3) is 0 Å². The number of carbonyl (C=O) groups is 1. The van der Waals surface area contributed by atoms with Crippen molar-refractivity contribution in [1.29, 1.82) is 0 Å². The molecule has 1 amide bonds. The Morgan fingerprint density at radius 2 is 1.90 bits per heavy atom. The molecule has 1 heterocycles. The molecular weight excluding hydrogens is 378 g/mol. The molecule has 0 spiro atoms. The lowest BCUT2D eigenvalue weighted by Crippen LogP contribution is -2.53. The van der Waals surface area contributed by atoms with E-state index in [4.69, 9.17) is 13.6 Å². The molecule has 4 nitrogen and oxygen atoms in total. The number of nitrogens with zero attached hydrogens (tertiary/aromatic N) is 2. The van der Waals surface area contributed by atoms with E-state index in [1.165, 1.54) is 55.6 Å². The summed E-state index contributed by atoms with van der Waals surface area (Å²) in [6.45, 7) is 4.55. The Kier molecular flexibility index (Phi) is 5.07. The number of nitrogens with two attached hydrogens (primary N) is 1. The maximum atomic E-state index is 15.0. The van der Waals surface area contributed by atoms with Gasteiger partial charge in [-0.1, -0.05) is 54.0 Å². The van der Waals surface area contributed by atoms with Gasteiger partial charge in [0.2, 0.25) is 5.91 Å². The molecule has 0 bridgehead atoms. The topological polar surface area (TPSA) is 58.7 Å². The third kappa shape index (κ3) is 3.32. The fraction of sp³-hybridized carbons (Fsp3) is 0.238. The highest BCUT2D eigenvalue weighted by Crippen LogP contribution is 2.46. The number of carbonyl (C=O) groups excluding carboxylic acids is 1. The molecule has 1 aliphatic rings. The van der Waals surface area contributed by atoms with Gasteiger partial charge in [-0.25, -0.2) is 18.2 Å². The van der Waals surface area contributed by atoms with Crippen molar-refractivity contribution in [1.82, 2.24) is 4.90 Å². The second-order valence-corrected chi connectivity index (χ2v) is 7.05. The van der Waals surface area contributed by atoms with Crippen LogP contribution in [0.2, 0.25) is 0 Å². The monoisotopic (exact) mass is 397 g/mol. The Morgan fingerprint density at radius 1 is 1.28 bits per heavy atom. The summed E-state index contributed by atoms with van der Waals surface area (Å²) in [6, 6.07) is 9.63. The van der Waals surface area contributed by atoms with Crippen molar-refractivity contribution < 1.29 is 18.0 Å². The average molecular weight is 397 g/mol. The number of alkyl halides is 2. The van der Waals surface area contributed by atoms with Gasteiger partial charge in [0.1, 0.15) is 19.2 Å². The summed E-state index contributed by atoms with van der Waals surface area (Å²) < 4.78 is 42.2. The van der Waals surface area contributed by atoms with E-state index in [0.29, 0.717) is 5.56 Å². The number of rotatable bonds is 4. The van der Waals surface area contributed by atoms with Crippen molar-refractivity contribution in [3.8, 4) is 0 Å². The number of likely N-dealkylation sites (N-methyl/N-ethyl adjacent to an activating group) is 1. The molecular formula is C21H19BF3N3O. The highest BCUT2D eigenvalue weighted by atomic mass is 19.3. The van der Waals surface area contributed by atoms with Gasteiger partial charge in [0.05, 0.1) is 5.92 Å². The van der Waals surface area contributed by atoms with Crippen molar-refractivity contribution in [2.45, 2.75) is 24.3 Å². The molecule has 2 N–H and O–H groups in total. The Morgan fingerprint density at radius 3 is 2.45 bits per heavy atom. The third-order valence-electron chi connectivity index (χ3n) is 5.18. The molecule has 29 heavy (non-hydrogen) atoms. The van der Waals surface area contributed by atoms with Gasteiger partial charge in [-0.05, 0) is 5.56 Å². The summed E-state index contributed by atoms with van der Waals surface area (Å²) in [5.74, 6) is -5.46. The molecule has 0 fully saturated rings. The number of amides is 1. The second kappa shape index (κ2) is 7.10. The van der Waals surface area contributed by atoms with Gasteiger partial charge in [0.25, 0.3) is 5.92 Å². The molecule has 1 aliphatic heterocycles. The third-order valence-corrected chi connectivity index (χ3v) is 5.18. The minimum atomic E-state index is -3.04. The zero-order valence-corrected chi connectivity index (χ0v) is 16.0. The maximum Gasteiger partial charge on any atom is 0.270 e. The average Bonchev–Trinajstić information content (AvgIpc) is 2.67. The SMILES string of the molecule is [B]c1cccc([C@@]2(C=C)N=C(N)N(C)C(=O)[C@@H]2c2ccc(C(C)(F)F)cc2)c1F.